The Hall–Kier alpha value is -3.26. The first kappa shape index (κ1) is 39.9. The third-order valence-corrected chi connectivity index (χ3v) is 10.9. The zero-order valence-corrected chi connectivity index (χ0v) is 29.2. The van der Waals surface area contributed by atoms with Gasteiger partial charge in [0.05, 0.1) is 0 Å². The second-order valence-electron chi connectivity index (χ2n) is 15.0. The summed E-state index contributed by atoms with van der Waals surface area (Å²) >= 11 is 0. The third-order valence-electron chi connectivity index (χ3n) is 10.9. The summed E-state index contributed by atoms with van der Waals surface area (Å²) in [7, 11) is 0. The maximum Gasteiger partial charge on any atom is 0.421 e. The predicted molar refractivity (Wildman–Crippen MR) is 177 cm³/mol. The molecule has 4 aliphatic carbocycles. The van der Waals surface area contributed by atoms with Crippen molar-refractivity contribution >= 4 is 11.8 Å². The number of amides is 2. The van der Waals surface area contributed by atoms with Gasteiger partial charge in [-0.2, -0.15) is 26.3 Å². The zero-order valence-electron chi connectivity index (χ0n) is 29.2. The Morgan fingerprint density at radius 3 is 0.942 bits per heavy atom. The molecule has 2 amide bonds. The lowest BCUT2D eigenvalue weighted by molar-refractivity contribution is -0.259. The molecule has 2 aromatic carbocycles. The average Bonchev–Trinajstić information content (AvgIpc) is 4.03. The summed E-state index contributed by atoms with van der Waals surface area (Å²) in [6, 6.07) is 10.1. The van der Waals surface area contributed by atoms with Gasteiger partial charge in [0.15, 0.2) is 11.2 Å². The lowest BCUT2D eigenvalue weighted by Crippen LogP contribution is -2.44. The van der Waals surface area contributed by atoms with Gasteiger partial charge in [-0.05, 0) is 126 Å². The van der Waals surface area contributed by atoms with E-state index in [4.69, 9.17) is 0 Å². The zero-order chi connectivity index (χ0) is 38.2. The number of halogens is 8. The molecule has 4 saturated carbocycles. The van der Waals surface area contributed by atoms with Crippen LogP contribution in [-0.2, 0) is 11.2 Å². The Kier molecular flexibility index (Phi) is 11.7. The van der Waals surface area contributed by atoms with Gasteiger partial charge in [-0.3, -0.25) is 9.59 Å². The molecule has 0 saturated heterocycles. The van der Waals surface area contributed by atoms with Gasteiger partial charge in [-0.15, -0.1) is 0 Å². The van der Waals surface area contributed by atoms with E-state index in [2.05, 4.69) is 0 Å². The molecule has 0 bridgehead atoms. The van der Waals surface area contributed by atoms with Gasteiger partial charge in [0.25, 0.3) is 11.8 Å². The van der Waals surface area contributed by atoms with Crippen molar-refractivity contribution in [1.29, 1.82) is 0 Å². The molecule has 2 aromatic rings. The summed E-state index contributed by atoms with van der Waals surface area (Å²) in [4.78, 5) is 29.4. The molecule has 4 fully saturated rings. The van der Waals surface area contributed by atoms with Gasteiger partial charge in [-0.25, -0.2) is 8.78 Å². The SMILES string of the molecule is C[C@](O)(c1ccc(C(=O)N(C2CCC(F)CC2)C2CC2)cc1)C(F)(F)F.C[C@](O)(c1ccc(C(=O)N(C2CCC(F)CC2)C2CC2)cc1)C(F)(F)F. The van der Waals surface area contributed by atoms with Crippen LogP contribution in [0.2, 0.25) is 0 Å². The van der Waals surface area contributed by atoms with Crippen LogP contribution in [0.5, 0.6) is 0 Å². The molecule has 0 radical (unpaired) electrons. The van der Waals surface area contributed by atoms with Crippen LogP contribution in [0, 0.1) is 0 Å². The molecule has 0 spiro atoms. The van der Waals surface area contributed by atoms with Crippen LogP contribution < -0.4 is 0 Å². The summed E-state index contributed by atoms with van der Waals surface area (Å²) in [6.07, 6.45) is -3.39. The van der Waals surface area contributed by atoms with Crippen molar-refractivity contribution in [3.63, 3.8) is 0 Å². The average molecular weight is 747 g/mol. The van der Waals surface area contributed by atoms with Gasteiger partial charge >= 0.3 is 12.4 Å². The molecule has 0 aliphatic heterocycles. The van der Waals surface area contributed by atoms with Crippen LogP contribution in [0.15, 0.2) is 48.5 Å². The van der Waals surface area contributed by atoms with Crippen LogP contribution >= 0.6 is 0 Å². The summed E-state index contributed by atoms with van der Waals surface area (Å²) in [5.74, 6) is -0.457. The van der Waals surface area contributed by atoms with E-state index >= 15 is 0 Å². The highest BCUT2D eigenvalue weighted by Crippen LogP contribution is 2.41. The summed E-state index contributed by atoms with van der Waals surface area (Å²) in [5, 5.41) is 19.5. The van der Waals surface area contributed by atoms with Crippen molar-refractivity contribution in [2.75, 3.05) is 0 Å². The van der Waals surface area contributed by atoms with E-state index < -0.39 is 35.9 Å². The Labute approximate surface area is 298 Å². The fraction of sp³-hybridized carbons (Fsp3) is 0.632. The molecule has 6 rings (SSSR count). The number of nitrogens with zero attached hydrogens (tertiary/aromatic N) is 2. The lowest BCUT2D eigenvalue weighted by atomic mass is 9.91. The monoisotopic (exact) mass is 746 g/mol. The van der Waals surface area contributed by atoms with Crippen molar-refractivity contribution in [1.82, 2.24) is 9.80 Å². The lowest BCUT2D eigenvalue weighted by Gasteiger charge is -2.35. The second-order valence-corrected chi connectivity index (χ2v) is 15.0. The van der Waals surface area contributed by atoms with E-state index in [9.17, 15) is 54.9 Å². The van der Waals surface area contributed by atoms with Crippen molar-refractivity contribution in [3.05, 3.63) is 70.8 Å². The van der Waals surface area contributed by atoms with Crippen LogP contribution in [0.3, 0.4) is 0 Å². The largest absolute Gasteiger partial charge is 0.421 e. The number of carbonyl (C=O) groups is 2. The molecule has 0 heterocycles. The third kappa shape index (κ3) is 8.91. The number of aliphatic hydroxyl groups is 2. The topological polar surface area (TPSA) is 81.1 Å². The number of hydrogen-bond donors (Lipinski definition) is 2. The fourth-order valence-electron chi connectivity index (χ4n) is 7.09. The Morgan fingerprint density at radius 1 is 0.500 bits per heavy atom. The standard InChI is InChI=1S/2C19H23F4NO2/c2*1-18(26,19(21,22)23)13-4-2-12(3-5-13)17(25)24(16-10-11-16)15-8-6-14(20)7-9-15/h2*2-5,14-16,26H,6-11H2,1H3/t2*14?,15?,18-/m00/s1. The number of benzene rings is 2. The van der Waals surface area contributed by atoms with E-state index in [0.717, 1.165) is 49.9 Å². The van der Waals surface area contributed by atoms with Crippen LogP contribution in [0.4, 0.5) is 35.1 Å². The van der Waals surface area contributed by atoms with Crippen molar-refractivity contribution in [3.8, 4) is 0 Å². The van der Waals surface area contributed by atoms with Crippen LogP contribution in [0.25, 0.3) is 0 Å². The maximum atomic E-state index is 13.4. The molecule has 0 aromatic heterocycles. The molecule has 2 N–H and O–H groups in total. The van der Waals surface area contributed by atoms with E-state index in [-0.39, 0.29) is 47.1 Å². The first-order chi connectivity index (χ1) is 24.2. The maximum absolute atomic E-state index is 13.4. The Bertz CT molecular complexity index is 1400. The number of rotatable bonds is 8. The minimum atomic E-state index is -4.80. The number of carbonyl (C=O) groups excluding carboxylic acids is 2. The minimum Gasteiger partial charge on any atom is -0.376 e. The Balaban J connectivity index is 0.000000201. The highest BCUT2D eigenvalue weighted by atomic mass is 19.4. The minimum absolute atomic E-state index is 0.0139. The first-order valence-corrected chi connectivity index (χ1v) is 17.9. The number of alkyl halides is 8. The van der Waals surface area contributed by atoms with Gasteiger partial charge in [0.2, 0.25) is 0 Å². The van der Waals surface area contributed by atoms with Gasteiger partial charge in [0.1, 0.15) is 12.3 Å². The fourth-order valence-corrected chi connectivity index (χ4v) is 7.09. The van der Waals surface area contributed by atoms with E-state index in [1.165, 1.54) is 24.3 Å². The molecule has 14 heteroatoms. The van der Waals surface area contributed by atoms with E-state index in [1.54, 1.807) is 9.80 Å². The quantitative estimate of drug-likeness (QED) is 0.265. The molecule has 0 unspecified atom stereocenters. The first-order valence-electron chi connectivity index (χ1n) is 17.9. The normalized spacial score (nSPS) is 26.2. The summed E-state index contributed by atoms with van der Waals surface area (Å²) in [5.41, 5.74) is -5.97. The molecule has 2 atom stereocenters. The van der Waals surface area contributed by atoms with E-state index in [0.29, 0.717) is 76.3 Å². The van der Waals surface area contributed by atoms with Crippen LogP contribution in [0.1, 0.15) is 123 Å². The van der Waals surface area contributed by atoms with Crippen molar-refractivity contribution in [2.45, 2.75) is 151 Å². The summed E-state index contributed by atoms with van der Waals surface area (Å²) in [6.45, 7) is 1.38. The number of hydrogen-bond acceptors (Lipinski definition) is 4. The van der Waals surface area contributed by atoms with Crippen molar-refractivity contribution < 1.29 is 54.9 Å². The predicted octanol–water partition coefficient (Wildman–Crippen LogP) is 8.68. The molecule has 288 valence electrons. The molecule has 52 heavy (non-hydrogen) atoms. The smallest absolute Gasteiger partial charge is 0.376 e. The molecular formula is C38H46F8N2O4. The Morgan fingerprint density at radius 2 is 0.731 bits per heavy atom. The van der Waals surface area contributed by atoms with E-state index in [1.807, 2.05) is 0 Å². The highest BCUT2D eigenvalue weighted by molar-refractivity contribution is 5.95. The van der Waals surface area contributed by atoms with Gasteiger partial charge in [0, 0.05) is 35.3 Å². The molecule has 6 nitrogen and oxygen atoms in total. The summed E-state index contributed by atoms with van der Waals surface area (Å²) < 4.78 is 104. The molecule has 4 aliphatic rings. The second kappa shape index (κ2) is 15.2. The van der Waals surface area contributed by atoms with Crippen molar-refractivity contribution in [2.24, 2.45) is 0 Å². The van der Waals surface area contributed by atoms with Gasteiger partial charge < -0.3 is 20.0 Å². The van der Waals surface area contributed by atoms with Gasteiger partial charge in [-0.1, -0.05) is 24.3 Å². The molecular weight excluding hydrogens is 700 g/mol. The van der Waals surface area contributed by atoms with Crippen LogP contribution in [-0.4, -0.2) is 80.7 Å². The highest BCUT2D eigenvalue weighted by Gasteiger charge is 2.52.